The van der Waals surface area contributed by atoms with Gasteiger partial charge in [-0.3, -0.25) is 9.59 Å². The number of rotatable bonds is 8. The minimum atomic E-state index is -0.727. The Morgan fingerprint density at radius 1 is 1.12 bits per heavy atom. The number of carbonyl (C=O) groups excluding carboxylic acids is 3. The first-order chi connectivity index (χ1) is 12.2. The van der Waals surface area contributed by atoms with Crippen molar-refractivity contribution in [3.8, 4) is 0 Å². The van der Waals surface area contributed by atoms with E-state index in [9.17, 15) is 14.4 Å². The molecule has 7 heteroatoms. The normalized spacial score (nSPS) is 12.0. The standard InChI is InChI=1S/C19H28N2O5/c1-14(21-18(24)26-19(2,3)4)17(23)20-12-8-11-16(22)25-13-15-9-6-5-7-10-15/h5-7,9-10,14H,8,11-13H2,1-4H3,(H,20,23)(H,21,24)/t14-/m0/s1. The largest absolute Gasteiger partial charge is 0.461 e. The second kappa shape index (κ2) is 10.4. The van der Waals surface area contributed by atoms with Gasteiger partial charge in [0, 0.05) is 13.0 Å². The van der Waals surface area contributed by atoms with E-state index in [4.69, 9.17) is 9.47 Å². The molecule has 144 valence electrons. The van der Waals surface area contributed by atoms with Gasteiger partial charge in [-0.05, 0) is 39.7 Å². The lowest BCUT2D eigenvalue weighted by atomic mass is 10.2. The molecule has 0 aliphatic carbocycles. The van der Waals surface area contributed by atoms with E-state index >= 15 is 0 Å². The Bertz CT molecular complexity index is 596. The minimum absolute atomic E-state index is 0.209. The first-order valence-corrected chi connectivity index (χ1v) is 8.64. The third-order valence-corrected chi connectivity index (χ3v) is 3.23. The molecule has 0 heterocycles. The van der Waals surface area contributed by atoms with E-state index in [-0.39, 0.29) is 24.9 Å². The van der Waals surface area contributed by atoms with Crippen LogP contribution in [0.25, 0.3) is 0 Å². The van der Waals surface area contributed by atoms with E-state index in [2.05, 4.69) is 10.6 Å². The molecular formula is C19H28N2O5. The molecule has 0 saturated heterocycles. The molecule has 0 aliphatic heterocycles. The summed E-state index contributed by atoms with van der Waals surface area (Å²) in [6, 6.07) is 8.69. The number of alkyl carbamates (subject to hydrolysis) is 1. The highest BCUT2D eigenvalue weighted by molar-refractivity contribution is 5.85. The summed E-state index contributed by atoms with van der Waals surface area (Å²) < 4.78 is 10.2. The summed E-state index contributed by atoms with van der Waals surface area (Å²) in [5.74, 6) is -0.656. The number of benzene rings is 1. The molecule has 1 atom stereocenters. The highest BCUT2D eigenvalue weighted by Gasteiger charge is 2.20. The van der Waals surface area contributed by atoms with Gasteiger partial charge in [-0.2, -0.15) is 0 Å². The molecule has 0 aliphatic rings. The van der Waals surface area contributed by atoms with Gasteiger partial charge in [0.2, 0.25) is 5.91 Å². The number of hydrogen-bond donors (Lipinski definition) is 2. The summed E-state index contributed by atoms with van der Waals surface area (Å²) in [6.45, 7) is 7.35. The number of hydrogen-bond acceptors (Lipinski definition) is 5. The Labute approximate surface area is 154 Å². The van der Waals surface area contributed by atoms with E-state index in [0.717, 1.165) is 5.56 Å². The van der Waals surface area contributed by atoms with E-state index in [0.29, 0.717) is 13.0 Å². The number of nitrogens with one attached hydrogen (secondary N) is 2. The fourth-order valence-electron chi connectivity index (χ4n) is 1.96. The number of amides is 2. The Hall–Kier alpha value is -2.57. The lowest BCUT2D eigenvalue weighted by Gasteiger charge is -2.21. The van der Waals surface area contributed by atoms with Crippen LogP contribution in [0.15, 0.2) is 30.3 Å². The molecular weight excluding hydrogens is 336 g/mol. The lowest BCUT2D eigenvalue weighted by molar-refractivity contribution is -0.145. The summed E-state index contributed by atoms with van der Waals surface area (Å²) in [5.41, 5.74) is 0.302. The predicted molar refractivity (Wildman–Crippen MR) is 97.3 cm³/mol. The van der Waals surface area contributed by atoms with E-state index in [1.54, 1.807) is 27.7 Å². The maximum atomic E-state index is 11.9. The van der Waals surface area contributed by atoms with Crippen LogP contribution in [-0.2, 0) is 25.7 Å². The van der Waals surface area contributed by atoms with Crippen LogP contribution >= 0.6 is 0 Å². The van der Waals surface area contributed by atoms with Gasteiger partial charge in [-0.1, -0.05) is 30.3 Å². The lowest BCUT2D eigenvalue weighted by Crippen LogP contribution is -2.46. The highest BCUT2D eigenvalue weighted by atomic mass is 16.6. The molecule has 1 aromatic carbocycles. The zero-order chi connectivity index (χ0) is 19.6. The molecule has 2 amide bonds. The van der Waals surface area contributed by atoms with Crippen molar-refractivity contribution >= 4 is 18.0 Å². The molecule has 0 fully saturated rings. The molecule has 0 radical (unpaired) electrons. The van der Waals surface area contributed by atoms with Crippen molar-refractivity contribution in [1.29, 1.82) is 0 Å². The molecule has 1 rings (SSSR count). The van der Waals surface area contributed by atoms with Gasteiger partial charge in [0.1, 0.15) is 18.2 Å². The van der Waals surface area contributed by atoms with Gasteiger partial charge in [0.05, 0.1) is 0 Å². The van der Waals surface area contributed by atoms with Gasteiger partial charge in [0.15, 0.2) is 0 Å². The molecule has 0 saturated carbocycles. The van der Waals surface area contributed by atoms with Crippen molar-refractivity contribution in [2.24, 2.45) is 0 Å². The number of carbonyl (C=O) groups is 3. The highest BCUT2D eigenvalue weighted by Crippen LogP contribution is 2.06. The minimum Gasteiger partial charge on any atom is -0.461 e. The average Bonchev–Trinajstić information content (AvgIpc) is 2.55. The van der Waals surface area contributed by atoms with Crippen molar-refractivity contribution in [2.75, 3.05) is 6.54 Å². The maximum Gasteiger partial charge on any atom is 0.408 e. The Balaban J connectivity index is 2.16. The van der Waals surface area contributed by atoms with Crippen LogP contribution in [0.2, 0.25) is 0 Å². The van der Waals surface area contributed by atoms with Crippen LogP contribution in [0.5, 0.6) is 0 Å². The van der Waals surface area contributed by atoms with Crippen molar-refractivity contribution in [3.63, 3.8) is 0 Å². The second-order valence-corrected chi connectivity index (χ2v) is 6.91. The van der Waals surface area contributed by atoms with Crippen LogP contribution < -0.4 is 10.6 Å². The van der Waals surface area contributed by atoms with Crippen molar-refractivity contribution in [2.45, 2.75) is 58.8 Å². The van der Waals surface area contributed by atoms with Crippen molar-refractivity contribution in [1.82, 2.24) is 10.6 Å². The molecule has 0 bridgehead atoms. The van der Waals surface area contributed by atoms with Crippen LogP contribution in [0.1, 0.15) is 46.1 Å². The first-order valence-electron chi connectivity index (χ1n) is 8.64. The predicted octanol–water partition coefficient (Wildman–Crippen LogP) is 2.54. The molecule has 1 aromatic rings. The fraction of sp³-hybridized carbons (Fsp3) is 0.526. The van der Waals surface area contributed by atoms with Gasteiger partial charge in [-0.25, -0.2) is 4.79 Å². The third kappa shape index (κ3) is 9.66. The van der Waals surface area contributed by atoms with Crippen molar-refractivity contribution < 1.29 is 23.9 Å². The van der Waals surface area contributed by atoms with Crippen LogP contribution in [0, 0.1) is 0 Å². The van der Waals surface area contributed by atoms with E-state index in [1.807, 2.05) is 30.3 Å². The van der Waals surface area contributed by atoms with Gasteiger partial charge < -0.3 is 20.1 Å². The number of ether oxygens (including phenoxy) is 2. The topological polar surface area (TPSA) is 93.7 Å². The second-order valence-electron chi connectivity index (χ2n) is 6.91. The van der Waals surface area contributed by atoms with E-state index in [1.165, 1.54) is 0 Å². The summed E-state index contributed by atoms with van der Waals surface area (Å²) in [4.78, 5) is 35.2. The first kappa shape index (κ1) is 21.5. The Morgan fingerprint density at radius 2 is 1.77 bits per heavy atom. The Kier molecular flexibility index (Phi) is 8.61. The Morgan fingerprint density at radius 3 is 2.38 bits per heavy atom. The van der Waals surface area contributed by atoms with Gasteiger partial charge in [0.25, 0.3) is 0 Å². The summed E-state index contributed by atoms with van der Waals surface area (Å²) in [7, 11) is 0. The summed E-state index contributed by atoms with van der Waals surface area (Å²) in [6.07, 6.45) is 0.0177. The smallest absolute Gasteiger partial charge is 0.408 e. The molecule has 2 N–H and O–H groups in total. The van der Waals surface area contributed by atoms with Gasteiger partial charge in [-0.15, -0.1) is 0 Å². The monoisotopic (exact) mass is 364 g/mol. The van der Waals surface area contributed by atoms with Crippen LogP contribution in [0.3, 0.4) is 0 Å². The SMILES string of the molecule is C[C@H](NC(=O)OC(C)(C)C)C(=O)NCCCC(=O)OCc1ccccc1. The number of esters is 1. The zero-order valence-electron chi connectivity index (χ0n) is 15.8. The quantitative estimate of drug-likeness (QED) is 0.546. The molecule has 0 spiro atoms. The van der Waals surface area contributed by atoms with E-state index < -0.39 is 17.7 Å². The third-order valence-electron chi connectivity index (χ3n) is 3.23. The maximum absolute atomic E-state index is 11.9. The molecule has 7 nitrogen and oxygen atoms in total. The fourth-order valence-corrected chi connectivity index (χ4v) is 1.96. The average molecular weight is 364 g/mol. The molecule has 0 unspecified atom stereocenters. The molecule has 0 aromatic heterocycles. The molecule has 26 heavy (non-hydrogen) atoms. The summed E-state index contributed by atoms with van der Waals surface area (Å²) >= 11 is 0. The van der Waals surface area contributed by atoms with Crippen molar-refractivity contribution in [3.05, 3.63) is 35.9 Å². The van der Waals surface area contributed by atoms with Crippen LogP contribution in [0.4, 0.5) is 4.79 Å². The van der Waals surface area contributed by atoms with Crippen LogP contribution in [-0.4, -0.2) is 36.2 Å². The van der Waals surface area contributed by atoms with Gasteiger partial charge >= 0.3 is 12.1 Å². The zero-order valence-corrected chi connectivity index (χ0v) is 15.8. The summed E-state index contributed by atoms with van der Waals surface area (Å²) in [5, 5.41) is 5.12.